The molecule has 0 aliphatic rings. The second-order valence-electron chi connectivity index (χ2n) is 18.7. The van der Waals surface area contributed by atoms with Crippen molar-refractivity contribution >= 4 is 37.9 Å². The maximum absolute atomic E-state index is 14.2. The van der Waals surface area contributed by atoms with E-state index >= 15 is 0 Å². The van der Waals surface area contributed by atoms with Crippen LogP contribution < -0.4 is 21.9 Å². The van der Waals surface area contributed by atoms with E-state index in [4.69, 9.17) is 0 Å². The first-order chi connectivity index (χ1) is 38.5. The van der Waals surface area contributed by atoms with Gasteiger partial charge in [0.25, 0.3) is 0 Å². The minimum Gasteiger partial charge on any atom is -0.194 e. The molecule has 0 saturated carbocycles. The smallest absolute Gasteiger partial charge is 0.194 e. The highest BCUT2D eigenvalue weighted by Crippen LogP contribution is 2.42. The van der Waals surface area contributed by atoms with Crippen molar-refractivity contribution in [1.29, 1.82) is 0 Å². The zero-order chi connectivity index (χ0) is 62.4. The number of hydrogen-bond donors (Lipinski definition) is 0. The highest BCUT2D eigenvalue weighted by atomic mass is 32.2. The van der Waals surface area contributed by atoms with Gasteiger partial charge in [0.15, 0.2) is 19.7 Å². The van der Waals surface area contributed by atoms with Crippen LogP contribution in [0.25, 0.3) is 11.1 Å². The Morgan fingerprint density at radius 2 is 0.464 bits per heavy atom. The van der Waals surface area contributed by atoms with E-state index in [0.29, 0.717) is 5.75 Å². The lowest BCUT2D eigenvalue weighted by molar-refractivity contribution is -0.144. The van der Waals surface area contributed by atoms with Gasteiger partial charge in [-0.2, -0.15) is 127 Å². The minimum atomic E-state index is -6.13. The molecule has 84 heavy (non-hydrogen) atoms. The molecule has 0 fully saturated rings. The van der Waals surface area contributed by atoms with E-state index < -0.39 is 205 Å². The van der Waals surface area contributed by atoms with Crippen molar-refractivity contribution in [2.24, 2.45) is 0 Å². The van der Waals surface area contributed by atoms with Crippen LogP contribution in [-0.4, -0.2) is 6.15 Å². The van der Waals surface area contributed by atoms with Gasteiger partial charge in [0, 0.05) is 5.56 Å². The normalized spacial score (nSPS) is 13.3. The second-order valence-corrected chi connectivity index (χ2v) is 21.3. The lowest BCUT2D eigenvalue weighted by Gasteiger charge is -2.46. The molecular weight excluding hydrogens is 1200 g/mol. The van der Waals surface area contributed by atoms with Crippen LogP contribution in [-0.2, 0) is 69.3 Å². The number of benzene rings is 8. The fourth-order valence-corrected chi connectivity index (χ4v) is 11.8. The van der Waals surface area contributed by atoms with Crippen LogP contribution >= 0.6 is 0 Å². The number of hydrogen-bond acceptors (Lipinski definition) is 1. The molecule has 0 amide bonds. The molecule has 8 aromatic rings. The fourth-order valence-electron chi connectivity index (χ4n) is 9.31. The SMILES string of the molecule is FC(F)(F)c1cc([B-](c2cc(C(F)(F)F)cc(C(F)(F)F)c2)(c2cc(C(F)(F)F)cc(C(F)(F)F)c2)c2cc(C(F)(F)F)cc(C(F)(F)F)c2)cc(C(F)(F)F)c1.O=[S+](Cc1ccc(-c2ccccc2)cc1)(c1ccccc1)c1ccccc1. The molecule has 0 heterocycles. The molecule has 8 aromatic carbocycles. The third-order valence-corrected chi connectivity index (χ3v) is 15.9. The first-order valence-electron chi connectivity index (χ1n) is 23.6. The molecule has 0 aliphatic carbocycles. The van der Waals surface area contributed by atoms with Gasteiger partial charge in [-0.3, -0.25) is 0 Å². The Labute approximate surface area is 460 Å². The Hall–Kier alpha value is -7.71. The zero-order valence-corrected chi connectivity index (χ0v) is 42.4. The van der Waals surface area contributed by atoms with Gasteiger partial charge in [0.2, 0.25) is 0 Å². The molecule has 8 rings (SSSR count). The fraction of sp³-hybridized carbons (Fsp3) is 0.158. The van der Waals surface area contributed by atoms with Crippen molar-refractivity contribution in [1.82, 2.24) is 0 Å². The maximum atomic E-state index is 14.2. The van der Waals surface area contributed by atoms with Gasteiger partial charge in [-0.15, -0.1) is 0 Å². The van der Waals surface area contributed by atoms with Gasteiger partial charge < -0.3 is 0 Å². The van der Waals surface area contributed by atoms with Crippen molar-refractivity contribution < 1.29 is 110 Å². The Kier molecular flexibility index (Phi) is 17.3. The van der Waals surface area contributed by atoms with Gasteiger partial charge in [-0.05, 0) is 59.7 Å². The summed E-state index contributed by atoms with van der Waals surface area (Å²) in [6.07, 6.45) is -54.8. The van der Waals surface area contributed by atoms with Gasteiger partial charge >= 0.3 is 49.4 Å². The standard InChI is InChI=1S/C32H12BF24.C25H21OS/c34-25(35,36)13-1-14(26(37,38)39)6-21(5-13)33(22-7-15(27(40,41)42)2-16(8-22)28(43,44)45,23-9-17(29(46,47)48)3-18(10-23)30(49,50)51)24-11-19(31(52,53)54)4-20(12-24)32(55,56)57;26-27(24-12-6-2-7-13-24,25-14-8-3-9-15-25)20-21-16-18-23(19-17-21)22-10-4-1-5-11-22/h1-12H;1-19H,20H2/q-1;+1. The van der Waals surface area contributed by atoms with E-state index in [1.54, 1.807) is 0 Å². The molecule has 0 N–H and O–H groups in total. The van der Waals surface area contributed by atoms with Crippen LogP contribution in [0.5, 0.6) is 0 Å². The molecule has 444 valence electrons. The first-order valence-corrected chi connectivity index (χ1v) is 25.4. The average Bonchev–Trinajstić information content (AvgIpc) is 1.10. The topological polar surface area (TPSA) is 17.1 Å². The van der Waals surface area contributed by atoms with Crippen molar-refractivity contribution in [3.63, 3.8) is 0 Å². The van der Waals surface area contributed by atoms with Gasteiger partial charge in [0.05, 0.1) is 44.5 Å². The third kappa shape index (κ3) is 14.3. The predicted molar refractivity (Wildman–Crippen MR) is 263 cm³/mol. The summed E-state index contributed by atoms with van der Waals surface area (Å²) in [6, 6.07) is 29.5. The lowest BCUT2D eigenvalue weighted by atomic mass is 9.12. The van der Waals surface area contributed by atoms with E-state index in [0.717, 1.165) is 15.4 Å². The van der Waals surface area contributed by atoms with Crippen molar-refractivity contribution in [3.8, 4) is 11.1 Å². The van der Waals surface area contributed by atoms with Crippen LogP contribution in [0.2, 0.25) is 0 Å². The predicted octanol–water partition coefficient (Wildman–Crippen LogP) is 17.7. The second kappa shape index (κ2) is 22.7. The maximum Gasteiger partial charge on any atom is 0.416 e. The van der Waals surface area contributed by atoms with Crippen LogP contribution in [0, 0.1) is 0 Å². The van der Waals surface area contributed by atoms with E-state index in [1.165, 1.54) is 11.1 Å². The molecule has 0 aromatic heterocycles. The Morgan fingerprint density at radius 1 is 0.262 bits per heavy atom. The van der Waals surface area contributed by atoms with Crippen molar-refractivity contribution in [2.75, 3.05) is 0 Å². The van der Waals surface area contributed by atoms with Crippen LogP contribution in [0.1, 0.15) is 50.1 Å². The molecule has 0 spiro atoms. The van der Waals surface area contributed by atoms with E-state index in [9.17, 15) is 110 Å². The molecule has 0 atom stereocenters. The van der Waals surface area contributed by atoms with Gasteiger partial charge in [-0.1, -0.05) is 144 Å². The number of alkyl halides is 24. The van der Waals surface area contributed by atoms with E-state index in [-0.39, 0.29) is 0 Å². The summed E-state index contributed by atoms with van der Waals surface area (Å²) in [5.41, 5.74) is -26.8. The summed E-state index contributed by atoms with van der Waals surface area (Å²) in [7, 11) is -2.38. The summed E-state index contributed by atoms with van der Waals surface area (Å²) >= 11 is 0. The lowest BCUT2D eigenvalue weighted by Crippen LogP contribution is -2.75. The van der Waals surface area contributed by atoms with Crippen molar-refractivity contribution in [3.05, 3.63) is 238 Å². The molecule has 0 saturated heterocycles. The molecule has 1 nitrogen and oxygen atoms in total. The third-order valence-electron chi connectivity index (χ3n) is 13.1. The first kappa shape index (κ1) is 63.9. The summed E-state index contributed by atoms with van der Waals surface area (Å²) in [5, 5.41) is 0. The van der Waals surface area contributed by atoms with Crippen LogP contribution in [0.3, 0.4) is 0 Å². The van der Waals surface area contributed by atoms with Crippen molar-refractivity contribution in [2.45, 2.75) is 65.0 Å². The highest BCUT2D eigenvalue weighted by molar-refractivity contribution is 8.02. The Morgan fingerprint density at radius 3 is 0.679 bits per heavy atom. The van der Waals surface area contributed by atoms with Gasteiger partial charge in [0.1, 0.15) is 11.9 Å². The summed E-state index contributed by atoms with van der Waals surface area (Å²) in [4.78, 5) is 1.76. The molecule has 0 aliphatic heterocycles. The monoisotopic (exact) mass is 1230 g/mol. The van der Waals surface area contributed by atoms with Crippen LogP contribution in [0.15, 0.2) is 198 Å². The summed E-state index contributed by atoms with van der Waals surface area (Å²) in [6.45, 7) is 0. The quantitative estimate of drug-likeness (QED) is 0.0800. The zero-order valence-electron chi connectivity index (χ0n) is 41.6. The van der Waals surface area contributed by atoms with Crippen LogP contribution in [0.4, 0.5) is 105 Å². The minimum absolute atomic E-state index is 0.496. The largest absolute Gasteiger partial charge is 0.416 e. The average molecular weight is 1230 g/mol. The molecule has 0 unspecified atom stereocenters. The number of halogens is 24. The number of rotatable bonds is 9. The summed E-state index contributed by atoms with van der Waals surface area (Å²) in [5.74, 6) is 0.496. The molecular formula is C57H33BF24OS. The van der Waals surface area contributed by atoms with Gasteiger partial charge in [-0.25, -0.2) is 0 Å². The Bertz CT molecular complexity index is 3170. The van der Waals surface area contributed by atoms with E-state index in [1.807, 2.05) is 78.9 Å². The molecule has 27 heteroatoms. The summed E-state index contributed by atoms with van der Waals surface area (Å²) < 4.78 is 355. The Balaban J connectivity index is 0.000000309. The highest BCUT2D eigenvalue weighted by Gasteiger charge is 2.47. The molecule has 0 radical (unpaired) electrons. The molecule has 0 bridgehead atoms. The van der Waals surface area contributed by atoms with E-state index in [2.05, 4.69) is 36.4 Å².